The van der Waals surface area contributed by atoms with Gasteiger partial charge in [0.15, 0.2) is 0 Å². The maximum Gasteiger partial charge on any atom is 0.410 e. The van der Waals surface area contributed by atoms with Gasteiger partial charge < -0.3 is 14.5 Å². The summed E-state index contributed by atoms with van der Waals surface area (Å²) < 4.78 is 18.9. The van der Waals surface area contributed by atoms with Crippen LogP contribution in [0.3, 0.4) is 0 Å². The molecule has 0 N–H and O–H groups in total. The van der Waals surface area contributed by atoms with Crippen LogP contribution >= 0.6 is 0 Å². The van der Waals surface area contributed by atoms with Crippen LogP contribution in [0.15, 0.2) is 18.2 Å². The van der Waals surface area contributed by atoms with E-state index in [0.29, 0.717) is 37.4 Å². The number of ether oxygens (including phenoxy) is 1. The van der Waals surface area contributed by atoms with Crippen molar-refractivity contribution in [3.05, 3.63) is 29.6 Å². The summed E-state index contributed by atoms with van der Waals surface area (Å²) in [4.78, 5) is 30.0. The number of hydrogen-bond donors (Lipinski definition) is 0. The number of nitrogens with zero attached hydrogens (tertiary/aromatic N) is 3. The van der Waals surface area contributed by atoms with Crippen molar-refractivity contribution in [1.29, 1.82) is 0 Å². The van der Waals surface area contributed by atoms with Gasteiger partial charge in [-0.25, -0.2) is 14.0 Å². The Morgan fingerprint density at radius 2 is 1.96 bits per heavy atom. The molecule has 6 nitrogen and oxygen atoms in total. The van der Waals surface area contributed by atoms with Crippen molar-refractivity contribution in [2.24, 2.45) is 0 Å². The van der Waals surface area contributed by atoms with Crippen molar-refractivity contribution < 1.29 is 18.7 Å². The summed E-state index contributed by atoms with van der Waals surface area (Å²) in [6, 6.07) is 4.49. The number of benzene rings is 1. The number of amides is 3. The summed E-state index contributed by atoms with van der Waals surface area (Å²) in [6.45, 7) is 9.01. The number of aryl methyl sites for hydroxylation is 1. The second kappa shape index (κ2) is 6.20. The number of halogens is 1. The molecule has 0 saturated carbocycles. The minimum atomic E-state index is -0.544. The van der Waals surface area contributed by atoms with Crippen molar-refractivity contribution in [3.8, 4) is 0 Å². The Morgan fingerprint density at radius 1 is 1.24 bits per heavy atom. The van der Waals surface area contributed by atoms with E-state index in [1.807, 2.05) is 20.8 Å². The van der Waals surface area contributed by atoms with Gasteiger partial charge in [-0.1, -0.05) is 0 Å². The molecular weight excluding hydrogens is 325 g/mol. The molecule has 1 unspecified atom stereocenters. The maximum atomic E-state index is 13.5. The summed E-state index contributed by atoms with van der Waals surface area (Å²) >= 11 is 0. The molecule has 2 aliphatic rings. The van der Waals surface area contributed by atoms with Gasteiger partial charge >= 0.3 is 12.1 Å². The lowest BCUT2D eigenvalue weighted by molar-refractivity contribution is 0.0128. The Labute approximate surface area is 147 Å². The largest absolute Gasteiger partial charge is 0.444 e. The fourth-order valence-electron chi connectivity index (χ4n) is 3.21. The summed E-state index contributed by atoms with van der Waals surface area (Å²) in [7, 11) is 0. The summed E-state index contributed by atoms with van der Waals surface area (Å²) in [5.74, 6) is -0.288. The number of fused-ring (bicyclic) bond motifs is 1. The normalized spacial score (nSPS) is 20.8. The van der Waals surface area contributed by atoms with Crippen molar-refractivity contribution in [2.75, 3.05) is 31.1 Å². The van der Waals surface area contributed by atoms with Crippen LogP contribution in [0.25, 0.3) is 0 Å². The molecule has 3 amide bonds. The lowest BCUT2D eigenvalue weighted by Crippen LogP contribution is -2.54. The molecule has 136 valence electrons. The first-order valence-corrected chi connectivity index (χ1v) is 8.48. The molecule has 25 heavy (non-hydrogen) atoms. The van der Waals surface area contributed by atoms with Crippen LogP contribution in [-0.4, -0.2) is 59.7 Å². The third-order valence-corrected chi connectivity index (χ3v) is 4.46. The first kappa shape index (κ1) is 17.5. The highest BCUT2D eigenvalue weighted by molar-refractivity contribution is 5.95. The number of anilines is 1. The number of carbonyl (C=O) groups excluding carboxylic acids is 2. The van der Waals surface area contributed by atoms with Gasteiger partial charge in [0.05, 0.1) is 6.04 Å². The van der Waals surface area contributed by atoms with Crippen molar-refractivity contribution in [2.45, 2.75) is 39.3 Å². The highest BCUT2D eigenvalue weighted by atomic mass is 19.1. The van der Waals surface area contributed by atoms with Crippen molar-refractivity contribution >= 4 is 17.8 Å². The minimum absolute atomic E-state index is 0.0841. The van der Waals surface area contributed by atoms with Gasteiger partial charge in [-0.2, -0.15) is 0 Å². The molecule has 7 heteroatoms. The summed E-state index contributed by atoms with van der Waals surface area (Å²) in [6.07, 6.45) is -0.351. The molecule has 2 aliphatic heterocycles. The van der Waals surface area contributed by atoms with Crippen LogP contribution < -0.4 is 4.90 Å². The molecule has 1 aromatic rings. The Kier molecular flexibility index (Phi) is 4.34. The quantitative estimate of drug-likeness (QED) is 0.783. The molecule has 0 radical (unpaired) electrons. The lowest BCUT2D eigenvalue weighted by Gasteiger charge is -2.36. The topological polar surface area (TPSA) is 53.1 Å². The Morgan fingerprint density at radius 3 is 2.60 bits per heavy atom. The van der Waals surface area contributed by atoms with Gasteiger partial charge in [0.2, 0.25) is 0 Å². The average Bonchev–Trinajstić information content (AvgIpc) is 2.85. The highest BCUT2D eigenvalue weighted by Crippen LogP contribution is 2.28. The van der Waals surface area contributed by atoms with E-state index in [9.17, 15) is 14.0 Å². The monoisotopic (exact) mass is 349 g/mol. The lowest BCUT2D eigenvalue weighted by atomic mass is 10.2. The molecule has 2 saturated heterocycles. The van der Waals surface area contributed by atoms with Crippen LogP contribution in [-0.2, 0) is 4.74 Å². The molecule has 1 aromatic carbocycles. The highest BCUT2D eigenvalue weighted by Gasteiger charge is 2.42. The third-order valence-electron chi connectivity index (χ3n) is 4.46. The molecule has 0 spiro atoms. The van der Waals surface area contributed by atoms with Gasteiger partial charge in [-0.05, 0) is 51.5 Å². The zero-order valence-electron chi connectivity index (χ0n) is 15.1. The first-order chi connectivity index (χ1) is 11.7. The van der Waals surface area contributed by atoms with E-state index in [2.05, 4.69) is 0 Å². The van der Waals surface area contributed by atoms with Gasteiger partial charge in [0.1, 0.15) is 11.4 Å². The Balaban J connectivity index is 1.71. The van der Waals surface area contributed by atoms with E-state index in [-0.39, 0.29) is 24.0 Å². The number of urea groups is 1. The van der Waals surface area contributed by atoms with E-state index in [4.69, 9.17) is 4.74 Å². The summed E-state index contributed by atoms with van der Waals surface area (Å²) in [5, 5.41) is 0. The molecule has 0 bridgehead atoms. The average molecular weight is 349 g/mol. The van der Waals surface area contributed by atoms with E-state index in [1.165, 1.54) is 6.07 Å². The molecule has 1 atom stereocenters. The fraction of sp³-hybridized carbons (Fsp3) is 0.556. The van der Waals surface area contributed by atoms with Crippen LogP contribution in [0.1, 0.15) is 26.3 Å². The Hall–Kier alpha value is -2.31. The van der Waals surface area contributed by atoms with Gasteiger partial charge in [-0.3, -0.25) is 4.90 Å². The van der Waals surface area contributed by atoms with Crippen molar-refractivity contribution in [3.63, 3.8) is 0 Å². The molecule has 2 fully saturated rings. The molecular formula is C18H24FN3O3. The van der Waals surface area contributed by atoms with E-state index in [1.54, 1.807) is 33.8 Å². The molecule has 0 aromatic heterocycles. The van der Waals surface area contributed by atoms with Gasteiger partial charge in [0, 0.05) is 31.9 Å². The van der Waals surface area contributed by atoms with E-state index >= 15 is 0 Å². The van der Waals surface area contributed by atoms with Crippen LogP contribution in [0.2, 0.25) is 0 Å². The second-order valence-electron chi connectivity index (χ2n) is 7.60. The Bertz CT molecular complexity index is 701. The minimum Gasteiger partial charge on any atom is -0.444 e. The predicted octanol–water partition coefficient (Wildman–Crippen LogP) is 3.00. The molecule has 0 aliphatic carbocycles. The van der Waals surface area contributed by atoms with Crippen LogP contribution in [0.5, 0.6) is 0 Å². The zero-order valence-corrected chi connectivity index (χ0v) is 15.1. The number of carbonyl (C=O) groups is 2. The maximum absolute atomic E-state index is 13.5. The number of rotatable bonds is 1. The standard InChI is InChI=1S/C18H24FN3O3/c1-12-9-13(5-6-15(12)19)22-11-14-10-20(7-8-21(14)16(22)23)17(24)25-18(2,3)4/h5-6,9,14H,7-8,10-11H2,1-4H3. The molecule has 3 rings (SSSR count). The molecule has 2 heterocycles. The predicted molar refractivity (Wildman–Crippen MR) is 92.2 cm³/mol. The van der Waals surface area contributed by atoms with E-state index < -0.39 is 5.60 Å². The first-order valence-electron chi connectivity index (χ1n) is 8.48. The van der Waals surface area contributed by atoms with E-state index in [0.717, 1.165) is 0 Å². The zero-order chi connectivity index (χ0) is 18.4. The third kappa shape index (κ3) is 3.55. The SMILES string of the molecule is Cc1cc(N2CC3CN(C(=O)OC(C)(C)C)CCN3C2=O)ccc1F. The number of hydrogen-bond acceptors (Lipinski definition) is 3. The summed E-state index contributed by atoms with van der Waals surface area (Å²) in [5.41, 5.74) is 0.643. The van der Waals surface area contributed by atoms with Crippen LogP contribution in [0, 0.1) is 12.7 Å². The van der Waals surface area contributed by atoms with Crippen LogP contribution in [0.4, 0.5) is 19.7 Å². The van der Waals surface area contributed by atoms with Gasteiger partial charge in [-0.15, -0.1) is 0 Å². The fourth-order valence-corrected chi connectivity index (χ4v) is 3.21. The second-order valence-corrected chi connectivity index (χ2v) is 7.60. The number of piperazine rings is 1. The smallest absolute Gasteiger partial charge is 0.410 e. The van der Waals surface area contributed by atoms with Gasteiger partial charge in [0.25, 0.3) is 0 Å². The van der Waals surface area contributed by atoms with Crippen molar-refractivity contribution in [1.82, 2.24) is 9.80 Å².